The first-order chi connectivity index (χ1) is 8.78. The van der Waals surface area contributed by atoms with Crippen LogP contribution in [0.25, 0.3) is 0 Å². The van der Waals surface area contributed by atoms with Crippen LogP contribution in [0.5, 0.6) is 0 Å². The number of aromatic carboxylic acids is 1. The summed E-state index contributed by atoms with van der Waals surface area (Å²) in [5.74, 6) is -1.41. The van der Waals surface area contributed by atoms with Crippen LogP contribution in [0, 0.1) is 0 Å². The van der Waals surface area contributed by atoms with E-state index in [0.29, 0.717) is 18.8 Å². The maximum absolute atomic E-state index is 11.9. The third-order valence-corrected chi connectivity index (χ3v) is 2.72. The third kappa shape index (κ3) is 3.74. The number of nitrogens with zero attached hydrogens (tertiary/aromatic N) is 3. The Morgan fingerprint density at radius 3 is 2.55 bits per heavy atom. The SMILES string of the molecule is CC(C)(C)OC(=O)N1CCn2c(cnc2C(=O)[O-])C1.[Na+]. The average molecular weight is 289 g/mol. The van der Waals surface area contributed by atoms with E-state index in [1.807, 2.05) is 0 Å². The summed E-state index contributed by atoms with van der Waals surface area (Å²) in [7, 11) is 0. The average Bonchev–Trinajstić information content (AvgIpc) is 2.68. The van der Waals surface area contributed by atoms with Gasteiger partial charge in [-0.1, -0.05) is 0 Å². The Kier molecular flexibility index (Phi) is 5.23. The molecule has 1 aliphatic rings. The fraction of sp³-hybridized carbons (Fsp3) is 0.583. The van der Waals surface area contributed by atoms with Crippen molar-refractivity contribution in [1.29, 1.82) is 0 Å². The molecule has 0 spiro atoms. The van der Waals surface area contributed by atoms with Gasteiger partial charge in [0.05, 0.1) is 18.4 Å². The van der Waals surface area contributed by atoms with E-state index in [1.54, 1.807) is 25.3 Å². The van der Waals surface area contributed by atoms with Crippen LogP contribution in [0.15, 0.2) is 6.20 Å². The summed E-state index contributed by atoms with van der Waals surface area (Å²) in [4.78, 5) is 28.1. The van der Waals surface area contributed by atoms with Gasteiger partial charge < -0.3 is 24.1 Å². The molecule has 0 saturated heterocycles. The van der Waals surface area contributed by atoms with E-state index in [4.69, 9.17) is 4.74 Å². The van der Waals surface area contributed by atoms with Crippen LogP contribution in [0.3, 0.4) is 0 Å². The van der Waals surface area contributed by atoms with E-state index in [2.05, 4.69) is 4.98 Å². The van der Waals surface area contributed by atoms with E-state index >= 15 is 0 Å². The quantitative estimate of drug-likeness (QED) is 0.514. The number of aromatic nitrogens is 2. The maximum atomic E-state index is 11.9. The van der Waals surface area contributed by atoms with Gasteiger partial charge in [0.1, 0.15) is 11.6 Å². The van der Waals surface area contributed by atoms with Crippen LogP contribution < -0.4 is 34.7 Å². The minimum Gasteiger partial charge on any atom is -0.542 e. The number of imidazole rings is 1. The molecule has 0 radical (unpaired) electrons. The van der Waals surface area contributed by atoms with E-state index < -0.39 is 17.7 Å². The first kappa shape index (κ1) is 17.0. The number of hydrogen-bond donors (Lipinski definition) is 0. The molecule has 7 nitrogen and oxygen atoms in total. The molecule has 1 aromatic rings. The van der Waals surface area contributed by atoms with Crippen molar-refractivity contribution in [2.45, 2.75) is 39.5 Å². The molecule has 1 amide bonds. The molecule has 2 rings (SSSR count). The molecule has 0 aromatic carbocycles. The Labute approximate surface area is 139 Å². The number of hydrogen-bond acceptors (Lipinski definition) is 5. The molecule has 2 heterocycles. The molecule has 0 aliphatic carbocycles. The van der Waals surface area contributed by atoms with Gasteiger partial charge in [0, 0.05) is 13.1 Å². The van der Waals surface area contributed by atoms with Crippen LogP contribution >= 0.6 is 0 Å². The van der Waals surface area contributed by atoms with Gasteiger partial charge in [0.25, 0.3) is 0 Å². The summed E-state index contributed by atoms with van der Waals surface area (Å²) < 4.78 is 6.83. The van der Waals surface area contributed by atoms with Crippen molar-refractivity contribution >= 4 is 12.1 Å². The van der Waals surface area contributed by atoms with E-state index in [9.17, 15) is 14.7 Å². The first-order valence-electron chi connectivity index (χ1n) is 6.01. The molecule has 0 atom stereocenters. The summed E-state index contributed by atoms with van der Waals surface area (Å²) in [6.45, 7) is 6.44. The molecule has 8 heteroatoms. The van der Waals surface area contributed by atoms with E-state index in [-0.39, 0.29) is 41.9 Å². The maximum Gasteiger partial charge on any atom is 1.00 e. The van der Waals surface area contributed by atoms with Gasteiger partial charge in [-0.3, -0.25) is 0 Å². The predicted molar refractivity (Wildman–Crippen MR) is 63.2 cm³/mol. The normalized spacial score (nSPS) is 14.2. The molecule has 0 unspecified atom stereocenters. The molecule has 0 fully saturated rings. The second kappa shape index (κ2) is 6.15. The second-order valence-corrected chi connectivity index (χ2v) is 5.41. The van der Waals surface area contributed by atoms with Crippen LogP contribution in [-0.4, -0.2) is 38.7 Å². The van der Waals surface area contributed by atoms with E-state index in [0.717, 1.165) is 0 Å². The molecule has 0 saturated carbocycles. The third-order valence-electron chi connectivity index (χ3n) is 2.72. The fourth-order valence-corrected chi connectivity index (χ4v) is 1.93. The number of amides is 1. The number of ether oxygens (including phenoxy) is 1. The predicted octanol–water partition coefficient (Wildman–Crippen LogP) is -3.00. The minimum atomic E-state index is -1.31. The zero-order valence-electron chi connectivity index (χ0n) is 12.2. The molecule has 0 bridgehead atoms. The fourth-order valence-electron chi connectivity index (χ4n) is 1.93. The van der Waals surface area contributed by atoms with Crippen molar-refractivity contribution in [3.05, 3.63) is 17.7 Å². The number of rotatable bonds is 1. The Morgan fingerprint density at radius 1 is 1.35 bits per heavy atom. The first-order valence-corrected chi connectivity index (χ1v) is 6.01. The number of carbonyl (C=O) groups is 2. The summed E-state index contributed by atoms with van der Waals surface area (Å²) in [6.07, 6.45) is 1.04. The van der Waals surface area contributed by atoms with Gasteiger partial charge in [0.2, 0.25) is 0 Å². The Hall–Kier alpha value is -1.05. The van der Waals surface area contributed by atoms with Crippen LogP contribution in [0.4, 0.5) is 4.79 Å². The number of carboxylic acids is 1. The zero-order chi connectivity index (χ0) is 14.2. The van der Waals surface area contributed by atoms with Crippen molar-refractivity contribution in [3.63, 3.8) is 0 Å². The molecule has 1 aliphatic heterocycles. The Bertz CT molecular complexity index is 521. The van der Waals surface area contributed by atoms with Gasteiger partial charge in [0.15, 0.2) is 5.82 Å². The zero-order valence-corrected chi connectivity index (χ0v) is 14.2. The smallest absolute Gasteiger partial charge is 0.542 e. The van der Waals surface area contributed by atoms with Gasteiger partial charge in [-0.25, -0.2) is 9.78 Å². The van der Waals surface area contributed by atoms with Crippen LogP contribution in [0.2, 0.25) is 0 Å². The molecule has 104 valence electrons. The summed E-state index contributed by atoms with van der Waals surface area (Å²) in [5, 5.41) is 10.8. The largest absolute Gasteiger partial charge is 1.00 e. The van der Waals surface area contributed by atoms with Gasteiger partial charge in [-0.15, -0.1) is 0 Å². The molecule has 20 heavy (non-hydrogen) atoms. The molecular formula is C12H16N3NaO4. The van der Waals surface area contributed by atoms with Crippen molar-refractivity contribution < 1.29 is 49.0 Å². The van der Waals surface area contributed by atoms with Crippen LogP contribution in [0.1, 0.15) is 37.1 Å². The van der Waals surface area contributed by atoms with Crippen molar-refractivity contribution in [3.8, 4) is 0 Å². The number of fused-ring (bicyclic) bond motifs is 1. The summed E-state index contributed by atoms with van der Waals surface area (Å²) >= 11 is 0. The molecule has 0 N–H and O–H groups in total. The topological polar surface area (TPSA) is 87.5 Å². The minimum absolute atomic E-state index is 0. The Morgan fingerprint density at radius 2 is 2.00 bits per heavy atom. The monoisotopic (exact) mass is 289 g/mol. The second-order valence-electron chi connectivity index (χ2n) is 5.41. The van der Waals surface area contributed by atoms with Gasteiger partial charge >= 0.3 is 35.7 Å². The number of carboxylic acid groups (broad SMARTS) is 1. The van der Waals surface area contributed by atoms with Crippen molar-refractivity contribution in [2.75, 3.05) is 6.54 Å². The summed E-state index contributed by atoms with van der Waals surface area (Å²) in [5.41, 5.74) is 0.113. The standard InChI is InChI=1S/C12H17N3O4.Na/c1-12(2,3)19-11(18)14-4-5-15-8(7-14)6-13-9(15)10(16)17;/h6H,4-5,7H2,1-3H3,(H,16,17);/q;+1/p-1. The van der Waals surface area contributed by atoms with Crippen molar-refractivity contribution in [2.24, 2.45) is 0 Å². The molecular weight excluding hydrogens is 273 g/mol. The van der Waals surface area contributed by atoms with Gasteiger partial charge in [-0.05, 0) is 20.8 Å². The molecule has 1 aromatic heterocycles. The van der Waals surface area contributed by atoms with E-state index in [1.165, 1.54) is 11.1 Å². The Balaban J connectivity index is 0.00000200. The summed E-state index contributed by atoms with van der Waals surface area (Å²) in [6, 6.07) is 0. The number of carbonyl (C=O) groups excluding carboxylic acids is 2. The van der Waals surface area contributed by atoms with Gasteiger partial charge in [-0.2, -0.15) is 0 Å². The van der Waals surface area contributed by atoms with Crippen molar-refractivity contribution in [1.82, 2.24) is 14.5 Å². The van der Waals surface area contributed by atoms with Crippen LogP contribution in [-0.2, 0) is 17.8 Å².